The van der Waals surface area contributed by atoms with E-state index in [0.29, 0.717) is 24.4 Å². The fraction of sp³-hybridized carbons (Fsp3) is 0.500. The molecule has 1 aliphatic carbocycles. The SMILES string of the molecule is CN1c2ccc(C#Cc3ccc(NCCCCCCSc4cccc5c4CN(C4CCC(=O)NC4=O)C5=O)nc3)cc2[C@H]2[C@H](CCN2C(=O)C2CCCCC2)[C@H]1CO. The first-order valence-corrected chi connectivity index (χ1v) is 22.2. The van der Waals surface area contributed by atoms with Gasteiger partial charge in [0, 0.05) is 78.4 Å². The van der Waals surface area contributed by atoms with E-state index in [9.17, 15) is 24.3 Å². The van der Waals surface area contributed by atoms with Crippen molar-refractivity contribution in [1.82, 2.24) is 20.1 Å². The highest BCUT2D eigenvalue weighted by atomic mass is 32.2. The van der Waals surface area contributed by atoms with E-state index in [2.05, 4.69) is 62.5 Å². The van der Waals surface area contributed by atoms with Gasteiger partial charge in [-0.3, -0.25) is 24.5 Å². The number of imide groups is 1. The van der Waals surface area contributed by atoms with Crippen molar-refractivity contribution in [3.05, 3.63) is 82.5 Å². The summed E-state index contributed by atoms with van der Waals surface area (Å²) in [5, 5.41) is 16.2. The number of carbonyl (C=O) groups excluding carboxylic acids is 4. The molecule has 5 heterocycles. The van der Waals surface area contributed by atoms with Gasteiger partial charge in [0.25, 0.3) is 5.91 Å². The van der Waals surface area contributed by atoms with Crippen molar-refractivity contribution in [3.63, 3.8) is 0 Å². The van der Waals surface area contributed by atoms with Crippen LogP contribution in [0.2, 0.25) is 0 Å². The van der Waals surface area contributed by atoms with Crippen LogP contribution in [0.1, 0.15) is 116 Å². The Bertz CT molecular complexity index is 2090. The molecule has 1 aromatic heterocycles. The molecule has 2 saturated heterocycles. The third kappa shape index (κ3) is 8.34. The third-order valence-electron chi connectivity index (χ3n) is 12.9. The molecule has 11 nitrogen and oxygen atoms in total. The predicted molar refractivity (Wildman–Crippen MR) is 225 cm³/mol. The molecule has 12 heteroatoms. The van der Waals surface area contributed by atoms with Crippen molar-refractivity contribution in [1.29, 1.82) is 0 Å². The highest BCUT2D eigenvalue weighted by Gasteiger charge is 2.48. The van der Waals surface area contributed by atoms with E-state index in [4.69, 9.17) is 0 Å². The molecule has 4 amide bonds. The summed E-state index contributed by atoms with van der Waals surface area (Å²) in [5.41, 5.74) is 5.60. The van der Waals surface area contributed by atoms with Gasteiger partial charge in [-0.2, -0.15) is 0 Å². The van der Waals surface area contributed by atoms with Crippen LogP contribution in [-0.2, 0) is 20.9 Å². The number of aliphatic hydroxyl groups is 1. The molecular weight excluding hydrogens is 749 g/mol. The number of aliphatic hydroxyl groups excluding tert-OH is 1. The zero-order valence-electron chi connectivity index (χ0n) is 33.4. The van der Waals surface area contributed by atoms with Crippen molar-refractivity contribution in [3.8, 4) is 11.8 Å². The maximum absolute atomic E-state index is 13.8. The smallest absolute Gasteiger partial charge is 0.255 e. The van der Waals surface area contributed by atoms with E-state index >= 15 is 0 Å². The van der Waals surface area contributed by atoms with Crippen molar-refractivity contribution >= 4 is 46.9 Å². The summed E-state index contributed by atoms with van der Waals surface area (Å²) < 4.78 is 0. The molecule has 4 aliphatic heterocycles. The second-order valence-electron chi connectivity index (χ2n) is 16.5. The highest BCUT2D eigenvalue weighted by Crippen LogP contribution is 2.49. The summed E-state index contributed by atoms with van der Waals surface area (Å²) in [7, 11) is 2.05. The average molecular weight is 803 g/mol. The Balaban J connectivity index is 0.793. The van der Waals surface area contributed by atoms with Crippen LogP contribution in [0.15, 0.2) is 59.6 Å². The van der Waals surface area contributed by atoms with Crippen LogP contribution in [0.25, 0.3) is 0 Å². The number of carbonyl (C=O) groups is 4. The standard InChI is InChI=1S/C46H54N6O5S/c1-50-37-18-16-30(26-35(37)43-34(39(50)29-53)22-24-51(43)45(56)32-10-5-4-6-11-32)14-15-31-17-20-41(48-27-31)47-23-7-2-3-8-25-58-40-13-9-12-33-36(40)28-52(46(33)57)38-19-21-42(54)49-44(38)55/h9,12-13,16-18,20,26-27,32,34,38-39,43,53H,2-8,10-11,19,21-25,28-29H2,1H3,(H,47,48)(H,49,54,55)/t34-,38?,39-,43-/m1/s1. The topological polar surface area (TPSA) is 135 Å². The Hall–Kier alpha value is -4.86. The Morgan fingerprint density at radius 1 is 0.966 bits per heavy atom. The molecule has 3 fully saturated rings. The number of hydrogen-bond donors (Lipinski definition) is 3. The quantitative estimate of drug-likeness (QED) is 0.0837. The number of likely N-dealkylation sites (tertiary alicyclic amines) is 1. The van der Waals surface area contributed by atoms with Crippen LogP contribution in [0.5, 0.6) is 0 Å². The number of thioether (sulfide) groups is 1. The minimum Gasteiger partial charge on any atom is -0.394 e. The first-order chi connectivity index (χ1) is 28.3. The van der Waals surface area contributed by atoms with E-state index in [1.54, 1.807) is 22.9 Å². The molecule has 5 aliphatic rings. The lowest BCUT2D eigenvalue weighted by Crippen LogP contribution is -2.52. The monoisotopic (exact) mass is 802 g/mol. The molecule has 3 N–H and O–H groups in total. The third-order valence-corrected chi connectivity index (χ3v) is 14.1. The number of amides is 4. The van der Waals surface area contributed by atoms with Gasteiger partial charge in [0.15, 0.2) is 0 Å². The van der Waals surface area contributed by atoms with Crippen LogP contribution < -0.4 is 15.5 Å². The van der Waals surface area contributed by atoms with Gasteiger partial charge < -0.3 is 25.1 Å². The molecule has 0 bridgehead atoms. The Morgan fingerprint density at radius 3 is 2.57 bits per heavy atom. The van der Waals surface area contributed by atoms with Crippen LogP contribution in [0.3, 0.4) is 0 Å². The summed E-state index contributed by atoms with van der Waals surface area (Å²) in [6.45, 7) is 2.05. The lowest BCUT2D eigenvalue weighted by Gasteiger charge is -2.45. The maximum atomic E-state index is 13.8. The summed E-state index contributed by atoms with van der Waals surface area (Å²) in [4.78, 5) is 62.6. The van der Waals surface area contributed by atoms with Gasteiger partial charge >= 0.3 is 0 Å². The first kappa shape index (κ1) is 39.9. The number of anilines is 2. The molecule has 58 heavy (non-hydrogen) atoms. The molecule has 2 aromatic carbocycles. The van der Waals surface area contributed by atoms with Crippen molar-refractivity contribution in [2.75, 3.05) is 42.7 Å². The van der Waals surface area contributed by atoms with Crippen molar-refractivity contribution in [2.24, 2.45) is 11.8 Å². The van der Waals surface area contributed by atoms with Crippen molar-refractivity contribution in [2.45, 2.75) is 107 Å². The molecule has 1 saturated carbocycles. The number of unbranched alkanes of at least 4 members (excludes halogenated alkanes) is 3. The van der Waals surface area contributed by atoms with E-state index in [0.717, 1.165) is 115 Å². The molecular formula is C46H54N6O5S. The Morgan fingerprint density at radius 2 is 1.78 bits per heavy atom. The number of nitrogens with one attached hydrogen (secondary N) is 2. The van der Waals surface area contributed by atoms with Gasteiger partial charge in [-0.25, -0.2) is 4.98 Å². The van der Waals surface area contributed by atoms with E-state index in [1.807, 2.05) is 30.3 Å². The minimum atomic E-state index is -0.597. The lowest BCUT2D eigenvalue weighted by molar-refractivity contribution is -0.138. The number of rotatable bonds is 12. The van der Waals surface area contributed by atoms with Gasteiger partial charge in [0.2, 0.25) is 17.7 Å². The number of benzene rings is 2. The lowest BCUT2D eigenvalue weighted by atomic mass is 9.81. The Kier molecular flexibility index (Phi) is 12.4. The minimum absolute atomic E-state index is 0.0127. The average Bonchev–Trinajstić information content (AvgIpc) is 3.83. The molecule has 304 valence electrons. The molecule has 0 spiro atoms. The van der Waals surface area contributed by atoms with E-state index in [-0.39, 0.29) is 54.7 Å². The second-order valence-corrected chi connectivity index (χ2v) is 17.6. The maximum Gasteiger partial charge on any atom is 0.255 e. The number of hydrogen-bond acceptors (Lipinski definition) is 9. The van der Waals surface area contributed by atoms with Gasteiger partial charge in [-0.05, 0) is 97.9 Å². The fourth-order valence-corrected chi connectivity index (χ4v) is 10.8. The summed E-state index contributed by atoms with van der Waals surface area (Å²) >= 11 is 1.76. The molecule has 8 rings (SSSR count). The summed E-state index contributed by atoms with van der Waals surface area (Å²) in [6.07, 6.45) is 13.1. The largest absolute Gasteiger partial charge is 0.394 e. The molecule has 0 radical (unpaired) electrons. The van der Waals surface area contributed by atoms with Crippen LogP contribution in [-0.4, -0.2) is 88.1 Å². The molecule has 4 atom stereocenters. The number of likely N-dealkylation sites (N-methyl/N-ethyl adjacent to an activating group) is 1. The first-order valence-electron chi connectivity index (χ1n) is 21.2. The van der Waals surface area contributed by atoms with Gasteiger partial charge in [-0.1, -0.05) is 50.0 Å². The number of piperidine rings is 1. The van der Waals surface area contributed by atoms with Crippen LogP contribution >= 0.6 is 11.8 Å². The number of nitrogens with zero attached hydrogens (tertiary/aromatic N) is 4. The number of fused-ring (bicyclic) bond motifs is 4. The molecule has 1 unspecified atom stereocenters. The Labute approximate surface area is 345 Å². The van der Waals surface area contributed by atoms with Gasteiger partial charge in [-0.15, -0.1) is 11.8 Å². The van der Waals surface area contributed by atoms with Crippen LogP contribution in [0.4, 0.5) is 11.5 Å². The predicted octanol–water partition coefficient (Wildman–Crippen LogP) is 6.29. The fourth-order valence-electron chi connectivity index (χ4n) is 9.75. The zero-order valence-corrected chi connectivity index (χ0v) is 34.2. The van der Waals surface area contributed by atoms with Crippen LogP contribution in [0, 0.1) is 23.7 Å². The number of pyridine rings is 1. The zero-order chi connectivity index (χ0) is 40.2. The number of aromatic nitrogens is 1. The normalized spacial score (nSPS) is 22.9. The second kappa shape index (κ2) is 18.0. The van der Waals surface area contributed by atoms with E-state index < -0.39 is 6.04 Å². The molecule has 3 aromatic rings. The summed E-state index contributed by atoms with van der Waals surface area (Å²) in [5.74, 6) is 8.23. The highest BCUT2D eigenvalue weighted by molar-refractivity contribution is 7.99. The van der Waals surface area contributed by atoms with Crippen molar-refractivity contribution < 1.29 is 24.3 Å². The summed E-state index contributed by atoms with van der Waals surface area (Å²) in [6, 6.07) is 15.4. The van der Waals surface area contributed by atoms with Gasteiger partial charge in [0.1, 0.15) is 11.9 Å². The van der Waals surface area contributed by atoms with E-state index in [1.165, 1.54) is 6.42 Å². The van der Waals surface area contributed by atoms with Gasteiger partial charge in [0.05, 0.1) is 18.7 Å².